The summed E-state index contributed by atoms with van der Waals surface area (Å²) in [6, 6.07) is 7.94. The van der Waals surface area contributed by atoms with Crippen LogP contribution in [0, 0.1) is 4.77 Å². The van der Waals surface area contributed by atoms with Gasteiger partial charge in [-0.05, 0) is 48.5 Å². The van der Waals surface area contributed by atoms with Crippen molar-refractivity contribution in [3.05, 3.63) is 34.6 Å². The van der Waals surface area contributed by atoms with E-state index in [0.717, 1.165) is 35.8 Å². The van der Waals surface area contributed by atoms with Crippen molar-refractivity contribution >= 4 is 18.0 Å². The number of methoxy groups -OCH3 is 1. The number of fused-ring (bicyclic) bond motifs is 1. The molecule has 0 atom stereocenters. The summed E-state index contributed by atoms with van der Waals surface area (Å²) in [5, 5.41) is 3.25. The van der Waals surface area contributed by atoms with Crippen molar-refractivity contribution in [3.63, 3.8) is 0 Å². The molecule has 92 valence electrons. The monoisotopic (exact) mass is 259 g/mol. The van der Waals surface area contributed by atoms with Crippen LogP contribution in [0.4, 0.5) is 5.82 Å². The summed E-state index contributed by atoms with van der Waals surface area (Å²) in [6.45, 7) is 0.915. The average molecular weight is 259 g/mol. The van der Waals surface area contributed by atoms with E-state index in [0.29, 0.717) is 4.77 Å². The molecular weight excluding hydrogens is 246 g/mol. The summed E-state index contributed by atoms with van der Waals surface area (Å²) in [6.07, 6.45) is 0.968. The van der Waals surface area contributed by atoms with Crippen LogP contribution in [0.15, 0.2) is 24.3 Å². The van der Waals surface area contributed by atoms with E-state index in [4.69, 9.17) is 17.0 Å². The van der Waals surface area contributed by atoms with E-state index in [1.54, 1.807) is 7.11 Å². The van der Waals surface area contributed by atoms with Crippen LogP contribution >= 0.6 is 12.2 Å². The number of H-pyrrole nitrogens is 1. The topological polar surface area (TPSA) is 49.9 Å². The van der Waals surface area contributed by atoms with Gasteiger partial charge in [-0.3, -0.25) is 0 Å². The molecule has 2 aromatic rings. The summed E-state index contributed by atoms with van der Waals surface area (Å²) in [4.78, 5) is 7.48. The number of anilines is 1. The molecule has 5 heteroatoms. The van der Waals surface area contributed by atoms with Crippen LogP contribution in [-0.4, -0.2) is 23.6 Å². The highest BCUT2D eigenvalue weighted by Gasteiger charge is 2.17. The second kappa shape index (κ2) is 4.42. The van der Waals surface area contributed by atoms with Crippen LogP contribution in [0.1, 0.15) is 5.56 Å². The van der Waals surface area contributed by atoms with Crippen LogP contribution in [0.5, 0.6) is 5.75 Å². The van der Waals surface area contributed by atoms with Crippen molar-refractivity contribution in [3.8, 4) is 17.0 Å². The van der Waals surface area contributed by atoms with Crippen molar-refractivity contribution in [1.82, 2.24) is 9.97 Å². The van der Waals surface area contributed by atoms with Gasteiger partial charge in [-0.2, -0.15) is 0 Å². The normalized spacial score (nSPS) is 12.9. The molecule has 2 heterocycles. The smallest absolute Gasteiger partial charge is 0.199 e. The number of hydrogen-bond acceptors (Lipinski definition) is 4. The Labute approximate surface area is 110 Å². The van der Waals surface area contributed by atoms with Crippen molar-refractivity contribution < 1.29 is 4.74 Å². The highest BCUT2D eigenvalue weighted by atomic mass is 32.1. The largest absolute Gasteiger partial charge is 0.497 e. The summed E-state index contributed by atoms with van der Waals surface area (Å²) < 4.78 is 5.67. The molecule has 0 fully saturated rings. The minimum Gasteiger partial charge on any atom is -0.497 e. The predicted octanol–water partition coefficient (Wildman–Crippen LogP) is 2.78. The van der Waals surface area contributed by atoms with Gasteiger partial charge in [-0.15, -0.1) is 0 Å². The molecule has 1 aliphatic rings. The van der Waals surface area contributed by atoms with Crippen LogP contribution in [-0.2, 0) is 6.42 Å². The Morgan fingerprint density at radius 3 is 2.78 bits per heavy atom. The zero-order chi connectivity index (χ0) is 12.5. The standard InChI is InChI=1S/C13H13N3OS/c1-17-9-4-2-8(3-5-9)11-10-6-7-14-12(10)16-13(18)15-11/h2-5H,6-7H2,1H3,(H2,14,15,16,18). The maximum Gasteiger partial charge on any atom is 0.199 e. The first-order chi connectivity index (χ1) is 8.78. The van der Waals surface area contributed by atoms with E-state index >= 15 is 0 Å². The zero-order valence-corrected chi connectivity index (χ0v) is 10.8. The number of hydrogen-bond donors (Lipinski definition) is 2. The van der Waals surface area contributed by atoms with Crippen molar-refractivity contribution in [2.75, 3.05) is 19.0 Å². The SMILES string of the molecule is COc1ccc(-c2[nH]c(=S)nc3c2CCN3)cc1. The zero-order valence-electron chi connectivity index (χ0n) is 9.99. The van der Waals surface area contributed by atoms with Gasteiger partial charge in [0.05, 0.1) is 12.8 Å². The van der Waals surface area contributed by atoms with Crippen LogP contribution in [0.3, 0.4) is 0 Å². The van der Waals surface area contributed by atoms with Crippen molar-refractivity contribution in [2.24, 2.45) is 0 Å². The molecule has 0 aliphatic carbocycles. The lowest BCUT2D eigenvalue weighted by molar-refractivity contribution is 0.415. The molecule has 0 saturated heterocycles. The quantitative estimate of drug-likeness (QED) is 0.814. The minimum atomic E-state index is 0.508. The molecule has 3 rings (SSSR count). The van der Waals surface area contributed by atoms with Gasteiger partial charge >= 0.3 is 0 Å². The van der Waals surface area contributed by atoms with E-state index in [-0.39, 0.29) is 0 Å². The molecule has 0 amide bonds. The Morgan fingerprint density at radius 2 is 2.06 bits per heavy atom. The second-order valence-electron chi connectivity index (χ2n) is 4.15. The molecule has 18 heavy (non-hydrogen) atoms. The number of aromatic nitrogens is 2. The van der Waals surface area contributed by atoms with E-state index < -0.39 is 0 Å². The van der Waals surface area contributed by atoms with Gasteiger partial charge in [0.1, 0.15) is 11.6 Å². The van der Waals surface area contributed by atoms with Crippen LogP contribution < -0.4 is 10.1 Å². The summed E-state index contributed by atoms with van der Waals surface area (Å²) >= 11 is 5.16. The summed E-state index contributed by atoms with van der Waals surface area (Å²) in [5.41, 5.74) is 3.36. The Kier molecular flexibility index (Phi) is 2.76. The van der Waals surface area contributed by atoms with Crippen molar-refractivity contribution in [2.45, 2.75) is 6.42 Å². The Hall–Kier alpha value is -1.88. The second-order valence-corrected chi connectivity index (χ2v) is 4.54. The molecule has 4 nitrogen and oxygen atoms in total. The molecule has 1 aromatic carbocycles. The first kappa shape index (κ1) is 11.2. The Balaban J connectivity index is 2.13. The number of benzene rings is 1. The van der Waals surface area contributed by atoms with Gasteiger partial charge in [0.2, 0.25) is 0 Å². The number of ether oxygens (including phenoxy) is 1. The highest BCUT2D eigenvalue weighted by Crippen LogP contribution is 2.30. The van der Waals surface area contributed by atoms with Crippen molar-refractivity contribution in [1.29, 1.82) is 0 Å². The average Bonchev–Trinajstić information content (AvgIpc) is 2.86. The summed E-state index contributed by atoms with van der Waals surface area (Å²) in [7, 11) is 1.66. The maximum absolute atomic E-state index is 5.17. The maximum atomic E-state index is 5.17. The fraction of sp³-hybridized carbons (Fsp3) is 0.231. The third kappa shape index (κ3) is 1.86. The first-order valence-corrected chi connectivity index (χ1v) is 6.20. The first-order valence-electron chi connectivity index (χ1n) is 5.79. The van der Waals surface area contributed by atoms with Gasteiger partial charge in [0, 0.05) is 12.1 Å². The van der Waals surface area contributed by atoms with Gasteiger partial charge in [-0.25, -0.2) is 4.98 Å². The number of aromatic amines is 1. The predicted molar refractivity (Wildman–Crippen MR) is 73.6 cm³/mol. The molecule has 2 N–H and O–H groups in total. The lowest BCUT2D eigenvalue weighted by Crippen LogP contribution is -1.96. The minimum absolute atomic E-state index is 0.508. The van der Waals surface area contributed by atoms with Crippen LogP contribution in [0.2, 0.25) is 0 Å². The fourth-order valence-electron chi connectivity index (χ4n) is 2.20. The number of rotatable bonds is 2. The van der Waals surface area contributed by atoms with E-state index in [1.165, 1.54) is 5.56 Å². The van der Waals surface area contributed by atoms with E-state index in [1.807, 2.05) is 24.3 Å². The van der Waals surface area contributed by atoms with Gasteiger partial charge in [0.15, 0.2) is 4.77 Å². The van der Waals surface area contributed by atoms with Crippen LogP contribution in [0.25, 0.3) is 11.3 Å². The third-order valence-electron chi connectivity index (χ3n) is 3.08. The summed E-state index contributed by atoms with van der Waals surface area (Å²) in [5.74, 6) is 1.76. The molecule has 0 radical (unpaired) electrons. The molecule has 0 spiro atoms. The molecule has 0 unspecified atom stereocenters. The number of nitrogens with zero attached hydrogens (tertiary/aromatic N) is 1. The van der Waals surface area contributed by atoms with Gasteiger partial charge < -0.3 is 15.0 Å². The lowest BCUT2D eigenvalue weighted by Gasteiger charge is -2.08. The van der Waals surface area contributed by atoms with Gasteiger partial charge in [0.25, 0.3) is 0 Å². The third-order valence-corrected chi connectivity index (χ3v) is 3.27. The van der Waals surface area contributed by atoms with E-state index in [2.05, 4.69) is 15.3 Å². The lowest BCUT2D eigenvalue weighted by atomic mass is 10.1. The molecule has 1 aliphatic heterocycles. The number of nitrogens with one attached hydrogen (secondary N) is 2. The Morgan fingerprint density at radius 1 is 1.28 bits per heavy atom. The molecule has 0 bridgehead atoms. The molecular formula is C13H13N3OS. The fourth-order valence-corrected chi connectivity index (χ4v) is 2.39. The highest BCUT2D eigenvalue weighted by molar-refractivity contribution is 7.71. The Bertz CT molecular complexity index is 634. The molecule has 0 saturated carbocycles. The van der Waals surface area contributed by atoms with E-state index in [9.17, 15) is 0 Å². The molecule has 1 aromatic heterocycles. The van der Waals surface area contributed by atoms with Gasteiger partial charge in [-0.1, -0.05) is 0 Å².